The lowest BCUT2D eigenvalue weighted by molar-refractivity contribution is 0.154. The highest BCUT2D eigenvalue weighted by atomic mass is 16.3. The molecule has 1 aliphatic heterocycles. The molecular weight excluding hydrogens is 200 g/mol. The number of anilines is 1. The molecule has 0 saturated carbocycles. The fourth-order valence-electron chi connectivity index (χ4n) is 2.18. The Hall–Kier alpha value is -1.06. The zero-order valence-corrected chi connectivity index (χ0v) is 9.76. The van der Waals surface area contributed by atoms with Crippen LogP contribution < -0.4 is 10.6 Å². The van der Waals surface area contributed by atoms with Crippen molar-refractivity contribution in [3.05, 3.63) is 29.8 Å². The highest BCUT2D eigenvalue weighted by Gasteiger charge is 2.17. The summed E-state index contributed by atoms with van der Waals surface area (Å²) in [6.45, 7) is 3.77. The molecule has 1 saturated heterocycles. The van der Waals surface area contributed by atoms with Gasteiger partial charge in [-0.2, -0.15) is 0 Å². The Morgan fingerprint density at radius 2 is 2.06 bits per heavy atom. The van der Waals surface area contributed by atoms with E-state index in [4.69, 9.17) is 5.73 Å². The van der Waals surface area contributed by atoms with Crippen LogP contribution in [0.15, 0.2) is 24.3 Å². The van der Waals surface area contributed by atoms with Gasteiger partial charge in [0.15, 0.2) is 0 Å². The first-order chi connectivity index (χ1) is 7.66. The first-order valence-electron chi connectivity index (χ1n) is 5.95. The van der Waals surface area contributed by atoms with Crippen LogP contribution >= 0.6 is 0 Å². The summed E-state index contributed by atoms with van der Waals surface area (Å²) in [5.41, 5.74) is 8.15. The molecule has 1 heterocycles. The second kappa shape index (κ2) is 4.85. The highest BCUT2D eigenvalue weighted by molar-refractivity contribution is 5.48. The Kier molecular flexibility index (Phi) is 3.46. The minimum absolute atomic E-state index is 0.0843. The van der Waals surface area contributed by atoms with Gasteiger partial charge in [0, 0.05) is 24.8 Å². The van der Waals surface area contributed by atoms with Crippen LogP contribution in [0.4, 0.5) is 5.69 Å². The molecule has 0 radical (unpaired) electrons. The SMILES string of the molecule is C[C@H](N)c1ccc(N2CCCC(O)C2)cc1. The molecule has 0 aliphatic carbocycles. The summed E-state index contributed by atoms with van der Waals surface area (Å²) in [5.74, 6) is 0. The van der Waals surface area contributed by atoms with Gasteiger partial charge in [-0.1, -0.05) is 12.1 Å². The van der Waals surface area contributed by atoms with Crippen molar-refractivity contribution in [2.45, 2.75) is 31.9 Å². The highest BCUT2D eigenvalue weighted by Crippen LogP contribution is 2.21. The molecule has 1 aliphatic rings. The number of piperidine rings is 1. The molecule has 1 fully saturated rings. The van der Waals surface area contributed by atoms with E-state index in [1.807, 2.05) is 6.92 Å². The lowest BCUT2D eigenvalue weighted by Gasteiger charge is -2.32. The molecule has 1 unspecified atom stereocenters. The summed E-state index contributed by atoms with van der Waals surface area (Å²) in [7, 11) is 0. The number of hydrogen-bond donors (Lipinski definition) is 2. The molecule has 0 bridgehead atoms. The van der Waals surface area contributed by atoms with Crippen LogP contribution in [0.25, 0.3) is 0 Å². The van der Waals surface area contributed by atoms with Gasteiger partial charge in [-0.15, -0.1) is 0 Å². The van der Waals surface area contributed by atoms with Crippen LogP contribution in [0.2, 0.25) is 0 Å². The molecule has 3 N–H and O–H groups in total. The van der Waals surface area contributed by atoms with Crippen molar-refractivity contribution in [2.75, 3.05) is 18.0 Å². The average Bonchev–Trinajstić information content (AvgIpc) is 2.29. The van der Waals surface area contributed by atoms with Gasteiger partial charge in [-0.25, -0.2) is 0 Å². The van der Waals surface area contributed by atoms with Gasteiger partial charge in [0.2, 0.25) is 0 Å². The summed E-state index contributed by atoms with van der Waals surface area (Å²) >= 11 is 0. The monoisotopic (exact) mass is 220 g/mol. The predicted octanol–water partition coefficient (Wildman–Crippen LogP) is 1.67. The van der Waals surface area contributed by atoms with Gasteiger partial charge in [0.1, 0.15) is 0 Å². The van der Waals surface area contributed by atoms with E-state index in [0.29, 0.717) is 0 Å². The van der Waals surface area contributed by atoms with Gasteiger partial charge < -0.3 is 15.7 Å². The third-order valence-corrected chi connectivity index (χ3v) is 3.18. The first kappa shape index (κ1) is 11.4. The molecule has 0 amide bonds. The quantitative estimate of drug-likeness (QED) is 0.797. The normalized spacial score (nSPS) is 23.2. The maximum Gasteiger partial charge on any atom is 0.0715 e. The van der Waals surface area contributed by atoms with Crippen molar-refractivity contribution in [3.63, 3.8) is 0 Å². The fourth-order valence-corrected chi connectivity index (χ4v) is 2.18. The predicted molar refractivity (Wildman–Crippen MR) is 66.5 cm³/mol. The summed E-state index contributed by atoms with van der Waals surface area (Å²) in [6, 6.07) is 8.41. The van der Waals surface area contributed by atoms with Crippen LogP contribution in [0.3, 0.4) is 0 Å². The number of nitrogens with zero attached hydrogens (tertiary/aromatic N) is 1. The summed E-state index contributed by atoms with van der Waals surface area (Å²) in [5, 5.41) is 9.62. The van der Waals surface area contributed by atoms with E-state index in [-0.39, 0.29) is 12.1 Å². The van der Waals surface area contributed by atoms with Crippen LogP contribution in [0, 0.1) is 0 Å². The number of aliphatic hydroxyl groups excluding tert-OH is 1. The number of β-amino-alcohol motifs (C(OH)–C–C–N with tert-alkyl or cyclic N) is 1. The number of hydrogen-bond acceptors (Lipinski definition) is 3. The summed E-state index contributed by atoms with van der Waals surface area (Å²) in [6.07, 6.45) is 1.81. The Labute approximate surface area is 96.9 Å². The van der Waals surface area contributed by atoms with E-state index >= 15 is 0 Å². The number of aliphatic hydroxyl groups is 1. The number of rotatable bonds is 2. The molecule has 88 valence electrons. The van der Waals surface area contributed by atoms with Crippen molar-refractivity contribution < 1.29 is 5.11 Å². The van der Waals surface area contributed by atoms with Gasteiger partial charge in [0.25, 0.3) is 0 Å². The molecule has 0 spiro atoms. The largest absolute Gasteiger partial charge is 0.391 e. The molecule has 2 rings (SSSR count). The van der Waals surface area contributed by atoms with E-state index in [2.05, 4.69) is 29.2 Å². The van der Waals surface area contributed by atoms with Gasteiger partial charge in [-0.05, 0) is 37.5 Å². The zero-order chi connectivity index (χ0) is 11.5. The maximum absolute atomic E-state index is 9.62. The van der Waals surface area contributed by atoms with Gasteiger partial charge in [-0.3, -0.25) is 0 Å². The molecule has 1 aromatic rings. The van der Waals surface area contributed by atoms with Crippen molar-refractivity contribution in [2.24, 2.45) is 5.73 Å². The fraction of sp³-hybridized carbons (Fsp3) is 0.538. The lowest BCUT2D eigenvalue weighted by atomic mass is 10.1. The van der Waals surface area contributed by atoms with Crippen LogP contribution in [0.5, 0.6) is 0 Å². The lowest BCUT2D eigenvalue weighted by Crippen LogP contribution is -2.38. The topological polar surface area (TPSA) is 49.5 Å². The summed E-state index contributed by atoms with van der Waals surface area (Å²) in [4.78, 5) is 2.24. The second-order valence-corrected chi connectivity index (χ2v) is 4.62. The Morgan fingerprint density at radius 3 is 2.62 bits per heavy atom. The standard InChI is InChI=1S/C13H20N2O/c1-10(14)11-4-6-12(7-5-11)15-8-2-3-13(16)9-15/h4-7,10,13,16H,2-3,8-9,14H2,1H3/t10-,13?/m0/s1. The first-order valence-corrected chi connectivity index (χ1v) is 5.95. The van der Waals surface area contributed by atoms with E-state index < -0.39 is 0 Å². The van der Waals surface area contributed by atoms with Crippen LogP contribution in [-0.2, 0) is 0 Å². The van der Waals surface area contributed by atoms with E-state index in [9.17, 15) is 5.11 Å². The Bertz CT molecular complexity index is 334. The summed E-state index contributed by atoms with van der Waals surface area (Å²) < 4.78 is 0. The minimum Gasteiger partial charge on any atom is -0.391 e. The molecule has 16 heavy (non-hydrogen) atoms. The zero-order valence-electron chi connectivity index (χ0n) is 9.76. The third kappa shape index (κ3) is 2.54. The van der Waals surface area contributed by atoms with Crippen LogP contribution in [-0.4, -0.2) is 24.3 Å². The Morgan fingerprint density at radius 1 is 1.38 bits per heavy atom. The van der Waals surface area contributed by atoms with E-state index in [1.54, 1.807) is 0 Å². The molecular formula is C13H20N2O. The second-order valence-electron chi connectivity index (χ2n) is 4.62. The van der Waals surface area contributed by atoms with Crippen LogP contribution in [0.1, 0.15) is 31.4 Å². The van der Waals surface area contributed by atoms with Gasteiger partial charge in [0.05, 0.1) is 6.10 Å². The third-order valence-electron chi connectivity index (χ3n) is 3.18. The molecule has 0 aromatic heterocycles. The van der Waals surface area contributed by atoms with E-state index in [1.165, 1.54) is 5.69 Å². The van der Waals surface area contributed by atoms with E-state index in [0.717, 1.165) is 31.5 Å². The van der Waals surface area contributed by atoms with Crippen molar-refractivity contribution in [3.8, 4) is 0 Å². The van der Waals surface area contributed by atoms with Crippen molar-refractivity contribution >= 4 is 5.69 Å². The molecule has 3 nitrogen and oxygen atoms in total. The van der Waals surface area contributed by atoms with Crippen molar-refractivity contribution in [1.82, 2.24) is 0 Å². The van der Waals surface area contributed by atoms with Gasteiger partial charge >= 0.3 is 0 Å². The van der Waals surface area contributed by atoms with Crippen molar-refractivity contribution in [1.29, 1.82) is 0 Å². The smallest absolute Gasteiger partial charge is 0.0715 e. The average molecular weight is 220 g/mol. The maximum atomic E-state index is 9.62. The molecule has 3 heteroatoms. The molecule has 2 atom stereocenters. The number of nitrogens with two attached hydrogens (primary N) is 1. The number of benzene rings is 1. The molecule has 1 aromatic carbocycles. The Balaban J connectivity index is 2.09. The minimum atomic E-state index is -0.179.